The lowest BCUT2D eigenvalue weighted by atomic mass is 9.81. The van der Waals surface area contributed by atoms with E-state index in [1.165, 1.54) is 6.39 Å². The first-order valence-electron chi connectivity index (χ1n) is 6.72. The van der Waals surface area contributed by atoms with E-state index >= 15 is 0 Å². The summed E-state index contributed by atoms with van der Waals surface area (Å²) in [6.07, 6.45) is 7.23. The molecule has 102 valence electrons. The predicted octanol–water partition coefficient (Wildman–Crippen LogP) is 1.59. The lowest BCUT2D eigenvalue weighted by molar-refractivity contribution is -0.128. The van der Waals surface area contributed by atoms with Gasteiger partial charge in [0.05, 0.1) is 6.07 Å². The number of aromatic nitrogens is 2. The Kier molecular flexibility index (Phi) is 4.50. The van der Waals surface area contributed by atoms with Gasteiger partial charge in [-0.15, -0.1) is 0 Å². The van der Waals surface area contributed by atoms with Gasteiger partial charge in [0.2, 0.25) is 12.3 Å². The lowest BCUT2D eigenvalue weighted by Crippen LogP contribution is -2.40. The second-order valence-electron chi connectivity index (χ2n) is 4.96. The maximum Gasteiger partial charge on any atom is 0.240 e. The SMILES string of the molecule is N#CC1(C(=O)NCCc2ncon2)CCCCCC1. The van der Waals surface area contributed by atoms with Gasteiger partial charge in [0, 0.05) is 13.0 Å². The summed E-state index contributed by atoms with van der Waals surface area (Å²) < 4.78 is 4.62. The fourth-order valence-corrected chi connectivity index (χ4v) is 2.48. The first kappa shape index (κ1) is 13.5. The third kappa shape index (κ3) is 3.31. The van der Waals surface area contributed by atoms with E-state index < -0.39 is 5.41 Å². The Morgan fingerprint density at radius 2 is 2.16 bits per heavy atom. The molecule has 1 aromatic heterocycles. The third-order valence-electron chi connectivity index (χ3n) is 3.65. The van der Waals surface area contributed by atoms with Crippen molar-refractivity contribution < 1.29 is 9.32 Å². The maximum absolute atomic E-state index is 12.2. The molecule has 0 atom stereocenters. The molecule has 19 heavy (non-hydrogen) atoms. The number of carbonyl (C=O) groups excluding carboxylic acids is 1. The van der Waals surface area contributed by atoms with E-state index in [-0.39, 0.29) is 5.91 Å². The van der Waals surface area contributed by atoms with Crippen LogP contribution in [0.4, 0.5) is 0 Å². The molecular weight excluding hydrogens is 244 g/mol. The average Bonchev–Trinajstić information content (AvgIpc) is 2.82. The van der Waals surface area contributed by atoms with Crippen LogP contribution in [0.1, 0.15) is 44.3 Å². The second-order valence-corrected chi connectivity index (χ2v) is 4.96. The van der Waals surface area contributed by atoms with Crippen molar-refractivity contribution in [1.82, 2.24) is 15.5 Å². The van der Waals surface area contributed by atoms with Crippen molar-refractivity contribution in [2.24, 2.45) is 5.41 Å². The van der Waals surface area contributed by atoms with Crippen LogP contribution in [-0.4, -0.2) is 22.6 Å². The Bertz CT molecular complexity index is 442. The van der Waals surface area contributed by atoms with Gasteiger partial charge in [0.25, 0.3) is 0 Å². The zero-order valence-corrected chi connectivity index (χ0v) is 10.9. The van der Waals surface area contributed by atoms with Crippen LogP contribution in [0.3, 0.4) is 0 Å². The Morgan fingerprint density at radius 1 is 1.42 bits per heavy atom. The zero-order chi connectivity index (χ0) is 13.6. The van der Waals surface area contributed by atoms with Crippen molar-refractivity contribution >= 4 is 5.91 Å². The van der Waals surface area contributed by atoms with Gasteiger partial charge >= 0.3 is 0 Å². The van der Waals surface area contributed by atoms with Crippen molar-refractivity contribution in [3.63, 3.8) is 0 Å². The fourth-order valence-electron chi connectivity index (χ4n) is 2.48. The molecule has 0 aromatic carbocycles. The lowest BCUT2D eigenvalue weighted by Gasteiger charge is -2.23. The highest BCUT2D eigenvalue weighted by Crippen LogP contribution is 2.34. The van der Waals surface area contributed by atoms with E-state index in [4.69, 9.17) is 0 Å². The number of hydrogen-bond donors (Lipinski definition) is 1. The van der Waals surface area contributed by atoms with E-state index in [1.807, 2.05) is 0 Å². The van der Waals surface area contributed by atoms with Crippen molar-refractivity contribution in [1.29, 1.82) is 5.26 Å². The highest BCUT2D eigenvalue weighted by Gasteiger charge is 2.38. The molecule has 0 spiro atoms. The predicted molar refractivity (Wildman–Crippen MR) is 66.8 cm³/mol. The molecule has 1 aliphatic carbocycles. The summed E-state index contributed by atoms with van der Waals surface area (Å²) in [7, 11) is 0. The molecule has 1 aromatic rings. The van der Waals surface area contributed by atoms with Crippen molar-refractivity contribution in [3.8, 4) is 6.07 Å². The molecule has 6 nitrogen and oxygen atoms in total. The number of rotatable bonds is 4. The van der Waals surface area contributed by atoms with Crippen LogP contribution in [-0.2, 0) is 11.2 Å². The highest BCUT2D eigenvalue weighted by atomic mass is 16.5. The Balaban J connectivity index is 1.87. The molecule has 1 heterocycles. The first-order chi connectivity index (χ1) is 9.27. The Hall–Kier alpha value is -1.90. The first-order valence-corrected chi connectivity index (χ1v) is 6.72. The van der Waals surface area contributed by atoms with Crippen LogP contribution in [0.15, 0.2) is 10.9 Å². The number of carbonyl (C=O) groups is 1. The minimum absolute atomic E-state index is 0.152. The topological polar surface area (TPSA) is 91.8 Å². The summed E-state index contributed by atoms with van der Waals surface area (Å²) in [6.45, 7) is 0.432. The summed E-state index contributed by atoms with van der Waals surface area (Å²) in [5.74, 6) is 0.410. The molecule has 6 heteroatoms. The van der Waals surface area contributed by atoms with Crippen LogP contribution < -0.4 is 5.32 Å². The minimum Gasteiger partial charge on any atom is -0.354 e. The van der Waals surface area contributed by atoms with Crippen LogP contribution in [0.5, 0.6) is 0 Å². The van der Waals surface area contributed by atoms with E-state index in [0.717, 1.165) is 25.7 Å². The van der Waals surface area contributed by atoms with Gasteiger partial charge in [-0.2, -0.15) is 10.2 Å². The van der Waals surface area contributed by atoms with E-state index in [2.05, 4.69) is 26.0 Å². The molecule has 0 radical (unpaired) electrons. The third-order valence-corrected chi connectivity index (χ3v) is 3.65. The number of hydrogen-bond acceptors (Lipinski definition) is 5. The summed E-state index contributed by atoms with van der Waals surface area (Å²) in [6, 6.07) is 2.24. The molecule has 0 unspecified atom stereocenters. The molecule has 1 saturated carbocycles. The van der Waals surface area contributed by atoms with Crippen molar-refractivity contribution in [3.05, 3.63) is 12.2 Å². The molecule has 0 aliphatic heterocycles. The number of nitrogens with one attached hydrogen (secondary N) is 1. The van der Waals surface area contributed by atoms with Crippen LogP contribution in [0.2, 0.25) is 0 Å². The number of nitriles is 1. The van der Waals surface area contributed by atoms with Gasteiger partial charge in [-0.05, 0) is 12.8 Å². The van der Waals surface area contributed by atoms with Crippen molar-refractivity contribution in [2.45, 2.75) is 44.9 Å². The molecular formula is C13H18N4O2. The largest absolute Gasteiger partial charge is 0.354 e. The second kappa shape index (κ2) is 6.32. The van der Waals surface area contributed by atoms with Crippen LogP contribution in [0, 0.1) is 16.7 Å². The molecule has 2 rings (SSSR count). The van der Waals surface area contributed by atoms with E-state index in [0.29, 0.717) is 31.6 Å². The highest BCUT2D eigenvalue weighted by molar-refractivity contribution is 5.85. The van der Waals surface area contributed by atoms with Gasteiger partial charge in [-0.3, -0.25) is 4.79 Å². The van der Waals surface area contributed by atoms with Gasteiger partial charge in [-0.1, -0.05) is 30.8 Å². The Labute approximate surface area is 112 Å². The Morgan fingerprint density at radius 3 is 2.74 bits per heavy atom. The zero-order valence-electron chi connectivity index (χ0n) is 10.9. The maximum atomic E-state index is 12.2. The smallest absolute Gasteiger partial charge is 0.240 e. The molecule has 0 saturated heterocycles. The quantitative estimate of drug-likeness (QED) is 0.832. The number of nitrogens with zero attached hydrogens (tertiary/aromatic N) is 3. The monoisotopic (exact) mass is 262 g/mol. The standard InChI is InChI=1S/C13H18N4O2/c14-9-13(6-3-1-2-4-7-13)12(18)15-8-5-11-16-10-19-17-11/h10H,1-8H2,(H,15,18). The number of amides is 1. The molecule has 1 amide bonds. The van der Waals surface area contributed by atoms with Crippen LogP contribution >= 0.6 is 0 Å². The van der Waals surface area contributed by atoms with Gasteiger partial charge in [0.1, 0.15) is 5.41 Å². The molecule has 0 bridgehead atoms. The molecule has 1 fully saturated rings. The average molecular weight is 262 g/mol. The van der Waals surface area contributed by atoms with Crippen LogP contribution in [0.25, 0.3) is 0 Å². The van der Waals surface area contributed by atoms with Gasteiger partial charge in [0.15, 0.2) is 5.82 Å². The summed E-state index contributed by atoms with van der Waals surface area (Å²) in [5, 5.41) is 15.9. The van der Waals surface area contributed by atoms with Gasteiger partial charge in [-0.25, -0.2) is 0 Å². The van der Waals surface area contributed by atoms with Crippen molar-refractivity contribution in [2.75, 3.05) is 6.54 Å². The van der Waals surface area contributed by atoms with E-state index in [9.17, 15) is 10.1 Å². The summed E-state index contributed by atoms with van der Waals surface area (Å²) in [4.78, 5) is 16.1. The molecule has 1 aliphatic rings. The normalized spacial score (nSPS) is 18.3. The summed E-state index contributed by atoms with van der Waals surface area (Å²) in [5.41, 5.74) is -0.840. The van der Waals surface area contributed by atoms with E-state index in [1.54, 1.807) is 0 Å². The van der Waals surface area contributed by atoms with Gasteiger partial charge < -0.3 is 9.84 Å². The fraction of sp³-hybridized carbons (Fsp3) is 0.692. The summed E-state index contributed by atoms with van der Waals surface area (Å²) >= 11 is 0. The minimum atomic E-state index is -0.840. The molecule has 1 N–H and O–H groups in total.